The van der Waals surface area contributed by atoms with E-state index in [-0.39, 0.29) is 24.8 Å². The summed E-state index contributed by atoms with van der Waals surface area (Å²) < 4.78 is 19.1. The second kappa shape index (κ2) is 12.8. The highest BCUT2D eigenvalue weighted by atomic mass is 35.5. The average Bonchev–Trinajstić information content (AvgIpc) is 3.38. The van der Waals surface area contributed by atoms with Crippen LogP contribution in [0.5, 0.6) is 11.5 Å². The Morgan fingerprint density at radius 1 is 1.17 bits per heavy atom. The summed E-state index contributed by atoms with van der Waals surface area (Å²) in [5, 5.41) is 4.25. The molecule has 0 atom stereocenters. The predicted octanol–water partition coefficient (Wildman–Crippen LogP) is 1.95. The fraction of sp³-hybridized carbons (Fsp3) is 0.435. The van der Waals surface area contributed by atoms with Crippen LogP contribution in [0.25, 0.3) is 10.9 Å². The second-order valence-electron chi connectivity index (χ2n) is 8.03. The monoisotopic (exact) mass is 537 g/mol. The van der Waals surface area contributed by atoms with Crippen molar-refractivity contribution in [3.8, 4) is 11.5 Å². The molecular weight excluding hydrogens is 509 g/mol. The van der Waals surface area contributed by atoms with Crippen molar-refractivity contribution in [3.63, 3.8) is 0 Å². The summed E-state index contributed by atoms with van der Waals surface area (Å²) in [6, 6.07) is 3.87. The van der Waals surface area contributed by atoms with Crippen molar-refractivity contribution in [2.75, 3.05) is 58.4 Å². The third kappa shape index (κ3) is 5.86. The maximum absolute atomic E-state index is 12.7. The van der Waals surface area contributed by atoms with E-state index in [2.05, 4.69) is 25.2 Å². The standard InChI is InChI=1S/C23H27N7O4.2ClH/c1-32-20-18(34-10-2-6-29-8-11-33-12-9-29)4-3-17-19(20)27-23(30-7-5-26-21(17)30)28-22(31)16-13-24-15-25-14-16;;/h3-4,13-15,26H,2,5-12H2,1H3;2*1H. The fourth-order valence-corrected chi connectivity index (χ4v) is 4.21. The van der Waals surface area contributed by atoms with E-state index in [0.29, 0.717) is 47.9 Å². The van der Waals surface area contributed by atoms with Crippen LogP contribution in [0.1, 0.15) is 16.8 Å². The number of aromatic nitrogens is 4. The van der Waals surface area contributed by atoms with Gasteiger partial charge in [-0.3, -0.25) is 14.3 Å². The normalized spacial score (nSPS) is 15.4. The molecule has 2 aromatic heterocycles. The smallest absolute Gasteiger partial charge is 0.283 e. The lowest BCUT2D eigenvalue weighted by atomic mass is 10.2. The summed E-state index contributed by atoms with van der Waals surface area (Å²) >= 11 is 0. The third-order valence-electron chi connectivity index (χ3n) is 5.89. The van der Waals surface area contributed by atoms with Gasteiger partial charge in [0.2, 0.25) is 5.62 Å². The van der Waals surface area contributed by atoms with E-state index in [1.807, 2.05) is 16.7 Å². The van der Waals surface area contributed by atoms with Crippen molar-refractivity contribution in [1.82, 2.24) is 24.4 Å². The van der Waals surface area contributed by atoms with Crippen molar-refractivity contribution < 1.29 is 19.0 Å². The van der Waals surface area contributed by atoms with Crippen LogP contribution in [0, 0.1) is 0 Å². The molecule has 0 unspecified atom stereocenters. The molecule has 3 aromatic rings. The number of methoxy groups -OCH3 is 1. The first-order valence-electron chi connectivity index (χ1n) is 11.4. The predicted molar refractivity (Wildman–Crippen MR) is 139 cm³/mol. The number of morpholine rings is 1. The van der Waals surface area contributed by atoms with Gasteiger partial charge >= 0.3 is 0 Å². The van der Waals surface area contributed by atoms with Gasteiger partial charge < -0.3 is 19.5 Å². The largest absolute Gasteiger partial charge is 0.491 e. The fourth-order valence-electron chi connectivity index (χ4n) is 4.21. The zero-order valence-corrected chi connectivity index (χ0v) is 21.5. The van der Waals surface area contributed by atoms with Crippen molar-refractivity contribution in [1.29, 1.82) is 0 Å². The number of nitrogens with zero attached hydrogens (tertiary/aromatic N) is 6. The molecule has 0 bridgehead atoms. The zero-order valence-electron chi connectivity index (χ0n) is 19.9. The first-order valence-corrected chi connectivity index (χ1v) is 11.4. The van der Waals surface area contributed by atoms with Crippen LogP contribution in [0.4, 0.5) is 5.82 Å². The van der Waals surface area contributed by atoms with Gasteiger partial charge in [-0.05, 0) is 18.6 Å². The number of fused-ring (bicyclic) bond motifs is 3. The molecule has 1 amide bonds. The molecular formula is C23H29Cl2N7O4. The van der Waals surface area contributed by atoms with Gasteiger partial charge in [-0.15, -0.1) is 24.8 Å². The lowest BCUT2D eigenvalue weighted by Gasteiger charge is -2.26. The van der Waals surface area contributed by atoms with Crippen LogP contribution in [-0.4, -0.2) is 83.4 Å². The van der Waals surface area contributed by atoms with Gasteiger partial charge in [0.05, 0.1) is 32.5 Å². The Bertz CT molecular complexity index is 1250. The van der Waals surface area contributed by atoms with Crippen molar-refractivity contribution in [3.05, 3.63) is 42.0 Å². The number of hydrogen-bond donors (Lipinski definition) is 1. The minimum atomic E-state index is -0.455. The van der Waals surface area contributed by atoms with Crippen LogP contribution in [0.3, 0.4) is 0 Å². The minimum Gasteiger partial charge on any atom is -0.491 e. The maximum atomic E-state index is 12.7. The van der Waals surface area contributed by atoms with Crippen molar-refractivity contribution in [2.24, 2.45) is 4.99 Å². The van der Waals surface area contributed by atoms with Gasteiger partial charge in [-0.1, -0.05) is 0 Å². The van der Waals surface area contributed by atoms with E-state index in [0.717, 1.165) is 50.5 Å². The lowest BCUT2D eigenvalue weighted by Crippen LogP contribution is -2.37. The molecule has 1 fully saturated rings. The first-order chi connectivity index (χ1) is 16.7. The Labute approximate surface area is 220 Å². The van der Waals surface area contributed by atoms with E-state index >= 15 is 0 Å². The van der Waals surface area contributed by atoms with Crippen LogP contribution < -0.4 is 20.4 Å². The first kappa shape index (κ1) is 27.6. The summed E-state index contributed by atoms with van der Waals surface area (Å²) in [7, 11) is 1.59. The SMILES string of the molecule is COc1c(OCCCN2CCOCC2)ccc2c3n(c(=NC(=O)c4cncnc4)nc12)CCN3.Cl.Cl. The molecule has 2 aliphatic rings. The van der Waals surface area contributed by atoms with Crippen LogP contribution in [-0.2, 0) is 11.3 Å². The number of benzene rings is 1. The summed E-state index contributed by atoms with van der Waals surface area (Å²) in [6.45, 7) is 6.37. The number of hydrogen-bond acceptors (Lipinski definition) is 9. The number of carbonyl (C=O) groups is 1. The van der Waals surface area contributed by atoms with Gasteiger partial charge in [0, 0.05) is 50.5 Å². The quantitative estimate of drug-likeness (QED) is 0.451. The van der Waals surface area contributed by atoms with Gasteiger partial charge in [-0.2, -0.15) is 4.99 Å². The Kier molecular flexibility index (Phi) is 9.82. The third-order valence-corrected chi connectivity index (χ3v) is 5.89. The molecule has 0 saturated carbocycles. The molecule has 194 valence electrons. The Morgan fingerprint density at radius 3 is 2.69 bits per heavy atom. The Hall–Kier alpha value is -2.99. The number of rotatable bonds is 7. The highest BCUT2D eigenvalue weighted by Gasteiger charge is 2.21. The summed E-state index contributed by atoms with van der Waals surface area (Å²) in [4.78, 5) is 31.8. The van der Waals surface area contributed by atoms with Gasteiger partial charge in [0.15, 0.2) is 11.5 Å². The molecule has 0 radical (unpaired) electrons. The van der Waals surface area contributed by atoms with E-state index in [4.69, 9.17) is 19.2 Å². The topological polar surface area (TPSA) is 116 Å². The molecule has 0 aliphatic carbocycles. The van der Waals surface area contributed by atoms with Gasteiger partial charge in [-0.25, -0.2) is 15.0 Å². The minimum absolute atomic E-state index is 0. The summed E-state index contributed by atoms with van der Waals surface area (Å²) in [6.07, 6.45) is 5.14. The Balaban J connectivity index is 0.00000180. The highest BCUT2D eigenvalue weighted by molar-refractivity contribution is 5.96. The second-order valence-corrected chi connectivity index (χ2v) is 8.03. The van der Waals surface area contributed by atoms with Gasteiger partial charge in [0.1, 0.15) is 17.7 Å². The number of nitrogens with one attached hydrogen (secondary N) is 1. The summed E-state index contributed by atoms with van der Waals surface area (Å²) in [5.41, 5.74) is 1.18. The molecule has 11 nitrogen and oxygen atoms in total. The van der Waals surface area contributed by atoms with E-state index in [1.165, 1.54) is 18.7 Å². The van der Waals surface area contributed by atoms with Crippen LogP contribution in [0.15, 0.2) is 35.8 Å². The molecule has 13 heteroatoms. The molecule has 5 rings (SSSR count). The van der Waals surface area contributed by atoms with E-state index in [9.17, 15) is 4.79 Å². The molecule has 1 N–H and O–H groups in total. The molecule has 1 saturated heterocycles. The molecule has 36 heavy (non-hydrogen) atoms. The number of halogens is 2. The molecule has 4 heterocycles. The van der Waals surface area contributed by atoms with E-state index < -0.39 is 5.91 Å². The number of anilines is 1. The molecule has 2 aliphatic heterocycles. The average molecular weight is 538 g/mol. The number of amides is 1. The Morgan fingerprint density at radius 2 is 1.94 bits per heavy atom. The molecule has 0 spiro atoms. The van der Waals surface area contributed by atoms with Crippen LogP contribution in [0.2, 0.25) is 0 Å². The van der Waals surface area contributed by atoms with Gasteiger partial charge in [0.25, 0.3) is 5.91 Å². The maximum Gasteiger partial charge on any atom is 0.283 e. The highest BCUT2D eigenvalue weighted by Crippen LogP contribution is 2.37. The molecule has 1 aromatic carbocycles. The van der Waals surface area contributed by atoms with Crippen LogP contribution >= 0.6 is 24.8 Å². The zero-order chi connectivity index (χ0) is 23.3. The number of ether oxygens (including phenoxy) is 3. The number of carbonyl (C=O) groups excluding carboxylic acids is 1. The van der Waals surface area contributed by atoms with Crippen molar-refractivity contribution in [2.45, 2.75) is 13.0 Å². The van der Waals surface area contributed by atoms with Crippen molar-refractivity contribution >= 4 is 47.4 Å². The summed E-state index contributed by atoms with van der Waals surface area (Å²) in [5.74, 6) is 1.52. The lowest BCUT2D eigenvalue weighted by molar-refractivity contribution is 0.0357. The van der Waals surface area contributed by atoms with E-state index in [1.54, 1.807) is 7.11 Å².